The molecule has 0 aliphatic rings. The fourth-order valence-electron chi connectivity index (χ4n) is 1.97. The number of nitrogens with two attached hydrogens (primary N) is 1. The Kier molecular flexibility index (Phi) is 3.24. The maximum absolute atomic E-state index is 9.69. The fraction of sp³-hybridized carbons (Fsp3) is 0.333. The van der Waals surface area contributed by atoms with Crippen molar-refractivity contribution < 1.29 is 10.2 Å². The van der Waals surface area contributed by atoms with Crippen LogP contribution in [0.1, 0.15) is 11.8 Å². The number of aliphatic hydroxyl groups is 2. The third-order valence-corrected chi connectivity index (χ3v) is 2.72. The minimum atomic E-state index is -0.892. The number of hydrogen-bond donors (Lipinski definition) is 3. The molecule has 0 radical (unpaired) electrons. The van der Waals surface area contributed by atoms with Gasteiger partial charge in [0.1, 0.15) is 0 Å². The van der Waals surface area contributed by atoms with E-state index in [1.54, 1.807) is 4.57 Å². The third-order valence-electron chi connectivity index (χ3n) is 2.72. The van der Waals surface area contributed by atoms with Gasteiger partial charge in [0.2, 0.25) is 0 Å². The van der Waals surface area contributed by atoms with Crippen LogP contribution in [0.4, 0.5) is 0 Å². The van der Waals surface area contributed by atoms with Gasteiger partial charge < -0.3 is 20.5 Å². The van der Waals surface area contributed by atoms with Gasteiger partial charge in [-0.1, -0.05) is 18.2 Å². The topological polar surface area (TPSA) is 71.4 Å². The highest BCUT2D eigenvalue weighted by molar-refractivity contribution is 5.84. The summed E-state index contributed by atoms with van der Waals surface area (Å²) in [4.78, 5) is 0. The first-order chi connectivity index (χ1) is 7.77. The number of aromatic nitrogens is 1. The summed E-state index contributed by atoms with van der Waals surface area (Å²) in [5, 5.41) is 19.8. The van der Waals surface area contributed by atoms with Crippen LogP contribution in [0.3, 0.4) is 0 Å². The molecule has 4 heteroatoms. The highest BCUT2D eigenvalue weighted by atomic mass is 16.3. The van der Waals surface area contributed by atoms with Gasteiger partial charge in [0.15, 0.2) is 6.23 Å². The Hall–Kier alpha value is -1.36. The maximum Gasteiger partial charge on any atom is 0.154 e. The second kappa shape index (κ2) is 4.65. The molecule has 16 heavy (non-hydrogen) atoms. The predicted octanol–water partition coefficient (Wildman–Crippen LogP) is 0.626. The van der Waals surface area contributed by atoms with Gasteiger partial charge in [-0.3, -0.25) is 0 Å². The lowest BCUT2D eigenvalue weighted by Crippen LogP contribution is -2.11. The summed E-state index contributed by atoms with van der Waals surface area (Å²) in [5.41, 5.74) is 7.57. The third kappa shape index (κ3) is 1.82. The van der Waals surface area contributed by atoms with Gasteiger partial charge >= 0.3 is 0 Å². The minimum Gasteiger partial charge on any atom is -0.392 e. The Morgan fingerprint density at radius 2 is 2.06 bits per heavy atom. The molecule has 1 atom stereocenters. The molecule has 1 aromatic carbocycles. The van der Waals surface area contributed by atoms with Gasteiger partial charge in [-0.25, -0.2) is 0 Å². The molecule has 2 aromatic rings. The van der Waals surface area contributed by atoms with Crippen molar-refractivity contribution in [3.05, 3.63) is 36.0 Å². The van der Waals surface area contributed by atoms with E-state index in [0.717, 1.165) is 22.9 Å². The summed E-state index contributed by atoms with van der Waals surface area (Å²) in [6, 6.07) is 7.79. The first-order valence-corrected chi connectivity index (χ1v) is 5.35. The summed E-state index contributed by atoms with van der Waals surface area (Å²) in [5.74, 6) is 0. The predicted molar refractivity (Wildman–Crippen MR) is 63.0 cm³/mol. The van der Waals surface area contributed by atoms with Crippen LogP contribution in [0.5, 0.6) is 0 Å². The summed E-state index contributed by atoms with van der Waals surface area (Å²) in [6.07, 6.45) is 1.74. The van der Waals surface area contributed by atoms with Crippen molar-refractivity contribution in [2.24, 2.45) is 5.73 Å². The molecule has 1 heterocycles. The molecule has 0 fully saturated rings. The highest BCUT2D eigenvalue weighted by Gasteiger charge is 2.12. The van der Waals surface area contributed by atoms with E-state index in [-0.39, 0.29) is 6.61 Å². The Labute approximate surface area is 93.9 Å². The number of para-hydroxylation sites is 1. The van der Waals surface area contributed by atoms with E-state index >= 15 is 0 Å². The fourth-order valence-corrected chi connectivity index (χ4v) is 1.97. The molecule has 0 bridgehead atoms. The van der Waals surface area contributed by atoms with Gasteiger partial charge in [0.05, 0.1) is 12.1 Å². The Morgan fingerprint density at radius 3 is 2.75 bits per heavy atom. The molecule has 4 N–H and O–H groups in total. The van der Waals surface area contributed by atoms with Crippen LogP contribution < -0.4 is 5.73 Å². The molecule has 86 valence electrons. The molecule has 2 rings (SSSR count). The number of benzene rings is 1. The molecule has 4 nitrogen and oxygen atoms in total. The van der Waals surface area contributed by atoms with Crippen molar-refractivity contribution in [2.75, 3.05) is 13.2 Å². The second-order valence-electron chi connectivity index (χ2n) is 3.78. The van der Waals surface area contributed by atoms with Gasteiger partial charge in [-0.2, -0.15) is 0 Å². The van der Waals surface area contributed by atoms with E-state index in [2.05, 4.69) is 0 Å². The Morgan fingerprint density at radius 1 is 1.31 bits per heavy atom. The van der Waals surface area contributed by atoms with E-state index in [1.165, 1.54) is 0 Å². The first-order valence-electron chi connectivity index (χ1n) is 5.35. The van der Waals surface area contributed by atoms with Gasteiger partial charge in [-0.05, 0) is 24.6 Å². The zero-order chi connectivity index (χ0) is 11.5. The number of nitrogens with zero attached hydrogens (tertiary/aromatic N) is 1. The number of fused-ring (bicyclic) bond motifs is 1. The molecule has 0 saturated carbocycles. The number of rotatable bonds is 4. The lowest BCUT2D eigenvalue weighted by Gasteiger charge is -2.10. The Bertz CT molecular complexity index is 479. The molecule has 1 aromatic heterocycles. The second-order valence-corrected chi connectivity index (χ2v) is 3.78. The van der Waals surface area contributed by atoms with Crippen LogP contribution in [0.2, 0.25) is 0 Å². The van der Waals surface area contributed by atoms with Crippen molar-refractivity contribution in [1.82, 2.24) is 4.57 Å². The normalized spacial score (nSPS) is 13.2. The standard InChI is InChI=1S/C12H16N2O2/c13-6-5-9-7-14(12(16)8-15)11-4-2-1-3-10(9)11/h1-4,7,12,15-16H,5-6,8,13H2. The molecule has 0 saturated heterocycles. The quantitative estimate of drug-likeness (QED) is 0.707. The molecular formula is C12H16N2O2. The average Bonchev–Trinajstić information content (AvgIpc) is 2.68. The largest absolute Gasteiger partial charge is 0.392 e. The van der Waals surface area contributed by atoms with E-state index < -0.39 is 6.23 Å². The zero-order valence-electron chi connectivity index (χ0n) is 9.00. The highest BCUT2D eigenvalue weighted by Crippen LogP contribution is 2.23. The molecular weight excluding hydrogens is 204 g/mol. The van der Waals surface area contributed by atoms with Crippen molar-refractivity contribution in [1.29, 1.82) is 0 Å². The van der Waals surface area contributed by atoms with Crippen molar-refractivity contribution in [3.63, 3.8) is 0 Å². The lowest BCUT2D eigenvalue weighted by atomic mass is 10.1. The van der Waals surface area contributed by atoms with E-state index in [1.807, 2.05) is 30.5 Å². The van der Waals surface area contributed by atoms with Crippen LogP contribution in [0.25, 0.3) is 10.9 Å². The SMILES string of the molecule is NCCc1cn(C(O)CO)c2ccccc12. The number of hydrogen-bond acceptors (Lipinski definition) is 3. The zero-order valence-corrected chi connectivity index (χ0v) is 9.00. The van der Waals surface area contributed by atoms with Crippen molar-refractivity contribution in [2.45, 2.75) is 12.6 Å². The van der Waals surface area contributed by atoms with Crippen molar-refractivity contribution >= 4 is 10.9 Å². The molecule has 1 unspecified atom stereocenters. The van der Waals surface area contributed by atoms with E-state index in [4.69, 9.17) is 10.8 Å². The monoisotopic (exact) mass is 220 g/mol. The molecule has 0 spiro atoms. The van der Waals surface area contributed by atoms with Crippen LogP contribution in [0.15, 0.2) is 30.5 Å². The molecule has 0 amide bonds. The lowest BCUT2D eigenvalue weighted by molar-refractivity contribution is 0.0426. The summed E-state index contributed by atoms with van der Waals surface area (Å²) < 4.78 is 1.68. The van der Waals surface area contributed by atoms with Crippen LogP contribution >= 0.6 is 0 Å². The first kappa shape index (κ1) is 11.1. The number of aliphatic hydroxyl groups excluding tert-OH is 2. The van der Waals surface area contributed by atoms with E-state index in [9.17, 15) is 5.11 Å². The summed E-state index contributed by atoms with van der Waals surface area (Å²) in [6.45, 7) is 0.282. The maximum atomic E-state index is 9.69. The van der Waals surface area contributed by atoms with Crippen LogP contribution in [0, 0.1) is 0 Å². The van der Waals surface area contributed by atoms with Crippen LogP contribution in [-0.4, -0.2) is 27.9 Å². The van der Waals surface area contributed by atoms with Gasteiger partial charge in [-0.15, -0.1) is 0 Å². The van der Waals surface area contributed by atoms with Crippen LogP contribution in [-0.2, 0) is 6.42 Å². The molecule has 0 aliphatic carbocycles. The minimum absolute atomic E-state index is 0.291. The van der Waals surface area contributed by atoms with Gasteiger partial charge in [0, 0.05) is 11.6 Å². The van der Waals surface area contributed by atoms with Crippen molar-refractivity contribution in [3.8, 4) is 0 Å². The summed E-state index contributed by atoms with van der Waals surface area (Å²) in [7, 11) is 0. The summed E-state index contributed by atoms with van der Waals surface area (Å²) >= 11 is 0. The van der Waals surface area contributed by atoms with E-state index in [0.29, 0.717) is 6.54 Å². The average molecular weight is 220 g/mol. The smallest absolute Gasteiger partial charge is 0.154 e. The van der Waals surface area contributed by atoms with Gasteiger partial charge in [0.25, 0.3) is 0 Å². The molecule has 0 aliphatic heterocycles. The Balaban J connectivity index is 2.57.